The largest absolute Gasteiger partial charge is 0.573 e. The van der Waals surface area contributed by atoms with Gasteiger partial charge in [-0.15, -0.1) is 13.2 Å². The fourth-order valence-electron chi connectivity index (χ4n) is 2.80. The fraction of sp³-hybridized carbons (Fsp3) is 0.500. The number of ether oxygens (including phenoxy) is 1. The standard InChI is InChI=1S/C16H17F3N2O3/c17-16(18,19)24-12-5-3-11(4-6-12)14-15(23)20-7-8-21(14)13(22)9-10-1-2-10/h3-6,10,14H,1-2,7-9H2,(H,20,23)/t14-/m0/s1. The molecule has 8 heteroatoms. The van der Waals surface area contributed by atoms with Gasteiger partial charge in [0.05, 0.1) is 0 Å². The minimum atomic E-state index is -4.77. The Balaban J connectivity index is 1.77. The van der Waals surface area contributed by atoms with E-state index < -0.39 is 12.4 Å². The van der Waals surface area contributed by atoms with Crippen molar-refractivity contribution < 1.29 is 27.5 Å². The number of nitrogens with zero attached hydrogens (tertiary/aromatic N) is 1. The third-order valence-electron chi connectivity index (χ3n) is 4.12. The molecule has 1 aromatic carbocycles. The summed E-state index contributed by atoms with van der Waals surface area (Å²) in [5.41, 5.74) is 0.464. The molecule has 1 heterocycles. The van der Waals surface area contributed by atoms with E-state index in [2.05, 4.69) is 10.1 Å². The van der Waals surface area contributed by atoms with Crippen LogP contribution >= 0.6 is 0 Å². The van der Waals surface area contributed by atoms with Crippen molar-refractivity contribution in [3.05, 3.63) is 29.8 Å². The third kappa shape index (κ3) is 3.98. The van der Waals surface area contributed by atoms with E-state index >= 15 is 0 Å². The predicted molar refractivity (Wildman–Crippen MR) is 77.9 cm³/mol. The summed E-state index contributed by atoms with van der Waals surface area (Å²) in [4.78, 5) is 26.1. The molecule has 1 N–H and O–H groups in total. The Kier molecular flexibility index (Phi) is 4.38. The van der Waals surface area contributed by atoms with Crippen LogP contribution in [-0.2, 0) is 9.59 Å². The van der Waals surface area contributed by atoms with Crippen LogP contribution in [0.1, 0.15) is 30.9 Å². The van der Waals surface area contributed by atoms with Crippen molar-refractivity contribution in [3.63, 3.8) is 0 Å². The highest BCUT2D eigenvalue weighted by molar-refractivity contribution is 5.90. The van der Waals surface area contributed by atoms with Crippen LogP contribution in [0.15, 0.2) is 24.3 Å². The van der Waals surface area contributed by atoms with Crippen molar-refractivity contribution in [2.75, 3.05) is 13.1 Å². The van der Waals surface area contributed by atoms with Gasteiger partial charge in [-0.05, 0) is 36.5 Å². The average molecular weight is 342 g/mol. The summed E-state index contributed by atoms with van der Waals surface area (Å²) in [7, 11) is 0. The van der Waals surface area contributed by atoms with E-state index in [-0.39, 0.29) is 17.6 Å². The second kappa shape index (κ2) is 6.33. The number of carbonyl (C=O) groups is 2. The summed E-state index contributed by atoms with van der Waals surface area (Å²) >= 11 is 0. The molecule has 1 atom stereocenters. The maximum atomic E-state index is 12.4. The lowest BCUT2D eigenvalue weighted by Gasteiger charge is -2.35. The first-order valence-corrected chi connectivity index (χ1v) is 7.76. The van der Waals surface area contributed by atoms with Gasteiger partial charge in [-0.3, -0.25) is 9.59 Å². The zero-order valence-corrected chi connectivity index (χ0v) is 12.8. The minimum Gasteiger partial charge on any atom is -0.406 e. The molecule has 5 nitrogen and oxygen atoms in total. The van der Waals surface area contributed by atoms with Crippen molar-refractivity contribution in [1.82, 2.24) is 10.2 Å². The predicted octanol–water partition coefficient (Wildman–Crippen LogP) is 2.38. The average Bonchev–Trinajstić information content (AvgIpc) is 3.30. The van der Waals surface area contributed by atoms with Crippen LogP contribution in [0.2, 0.25) is 0 Å². The summed E-state index contributed by atoms with van der Waals surface area (Å²) in [5.74, 6) is -0.383. The zero-order valence-electron chi connectivity index (χ0n) is 12.8. The molecule has 0 aromatic heterocycles. The summed E-state index contributed by atoms with van der Waals surface area (Å²) < 4.78 is 40.5. The van der Waals surface area contributed by atoms with E-state index in [1.165, 1.54) is 17.0 Å². The molecule has 1 saturated heterocycles. The monoisotopic (exact) mass is 342 g/mol. The lowest BCUT2D eigenvalue weighted by molar-refractivity contribution is -0.274. The number of piperazine rings is 1. The van der Waals surface area contributed by atoms with Crippen LogP contribution < -0.4 is 10.1 Å². The number of alkyl halides is 3. The summed E-state index contributed by atoms with van der Waals surface area (Å²) in [5, 5.41) is 2.69. The molecule has 2 amide bonds. The molecule has 0 spiro atoms. The first-order chi connectivity index (χ1) is 11.3. The number of nitrogens with one attached hydrogen (secondary N) is 1. The Labute approximate surface area is 136 Å². The van der Waals surface area contributed by atoms with Crippen molar-refractivity contribution in [1.29, 1.82) is 0 Å². The number of carbonyl (C=O) groups excluding carboxylic acids is 2. The molecule has 1 aliphatic heterocycles. The molecular weight excluding hydrogens is 325 g/mol. The molecule has 24 heavy (non-hydrogen) atoms. The molecule has 3 rings (SSSR count). The van der Waals surface area contributed by atoms with Gasteiger partial charge in [0.25, 0.3) is 0 Å². The van der Waals surface area contributed by atoms with Gasteiger partial charge in [0.15, 0.2) is 0 Å². The Bertz CT molecular complexity index is 626. The molecular formula is C16H17F3N2O3. The highest BCUT2D eigenvalue weighted by atomic mass is 19.4. The quantitative estimate of drug-likeness (QED) is 0.914. The van der Waals surface area contributed by atoms with Gasteiger partial charge < -0.3 is 15.0 Å². The van der Waals surface area contributed by atoms with Gasteiger partial charge in [-0.2, -0.15) is 0 Å². The smallest absolute Gasteiger partial charge is 0.406 e. The normalized spacial score (nSPS) is 21.4. The van der Waals surface area contributed by atoms with Crippen LogP contribution in [0.4, 0.5) is 13.2 Å². The fourth-order valence-corrected chi connectivity index (χ4v) is 2.80. The van der Waals surface area contributed by atoms with Gasteiger partial charge in [-0.25, -0.2) is 0 Å². The second-order valence-electron chi connectivity index (χ2n) is 6.05. The number of halogens is 3. The van der Waals surface area contributed by atoms with Crippen molar-refractivity contribution in [2.24, 2.45) is 5.92 Å². The molecule has 0 radical (unpaired) electrons. The van der Waals surface area contributed by atoms with E-state index in [4.69, 9.17) is 0 Å². The van der Waals surface area contributed by atoms with Crippen LogP contribution in [0.3, 0.4) is 0 Å². The summed E-state index contributed by atoms with van der Waals surface area (Å²) in [6, 6.07) is 4.25. The first-order valence-electron chi connectivity index (χ1n) is 7.76. The van der Waals surface area contributed by atoms with E-state index in [9.17, 15) is 22.8 Å². The van der Waals surface area contributed by atoms with Gasteiger partial charge >= 0.3 is 6.36 Å². The molecule has 2 aliphatic rings. The Morgan fingerprint density at radius 2 is 1.92 bits per heavy atom. The molecule has 1 aromatic rings. The number of rotatable bonds is 4. The zero-order chi connectivity index (χ0) is 17.3. The number of amides is 2. The van der Waals surface area contributed by atoms with Crippen LogP contribution in [0, 0.1) is 5.92 Å². The SMILES string of the molecule is O=C1NCCN(C(=O)CC2CC2)[C@H]1c1ccc(OC(F)(F)F)cc1. The van der Waals surface area contributed by atoms with E-state index in [0.717, 1.165) is 25.0 Å². The van der Waals surface area contributed by atoms with Gasteiger partial charge in [0, 0.05) is 19.5 Å². The highest BCUT2D eigenvalue weighted by Crippen LogP contribution is 2.35. The second-order valence-corrected chi connectivity index (χ2v) is 6.05. The lowest BCUT2D eigenvalue weighted by atomic mass is 10.0. The first kappa shape index (κ1) is 16.6. The Morgan fingerprint density at radius 1 is 1.25 bits per heavy atom. The van der Waals surface area contributed by atoms with Gasteiger partial charge in [0.1, 0.15) is 11.8 Å². The topological polar surface area (TPSA) is 58.6 Å². The van der Waals surface area contributed by atoms with Gasteiger partial charge in [0.2, 0.25) is 11.8 Å². The summed E-state index contributed by atoms with van der Waals surface area (Å²) in [6.07, 6.45) is -2.30. The van der Waals surface area contributed by atoms with Crippen LogP contribution in [0.25, 0.3) is 0 Å². The number of benzene rings is 1. The number of hydrogen-bond donors (Lipinski definition) is 1. The van der Waals surface area contributed by atoms with Crippen LogP contribution in [0.5, 0.6) is 5.75 Å². The molecule has 1 aliphatic carbocycles. The van der Waals surface area contributed by atoms with Crippen molar-refractivity contribution in [2.45, 2.75) is 31.7 Å². The Hall–Kier alpha value is -2.25. The number of hydrogen-bond acceptors (Lipinski definition) is 3. The van der Waals surface area contributed by atoms with Crippen LogP contribution in [-0.4, -0.2) is 36.2 Å². The van der Waals surface area contributed by atoms with E-state index in [1.807, 2.05) is 0 Å². The van der Waals surface area contributed by atoms with Crippen molar-refractivity contribution >= 4 is 11.8 Å². The molecule has 0 bridgehead atoms. The molecule has 2 fully saturated rings. The molecule has 1 saturated carbocycles. The third-order valence-corrected chi connectivity index (χ3v) is 4.12. The van der Waals surface area contributed by atoms with Crippen molar-refractivity contribution in [3.8, 4) is 5.75 Å². The minimum absolute atomic E-state index is 0.0898. The Morgan fingerprint density at radius 3 is 2.50 bits per heavy atom. The maximum absolute atomic E-state index is 12.4. The molecule has 0 unspecified atom stereocenters. The van der Waals surface area contributed by atoms with E-state index in [0.29, 0.717) is 31.0 Å². The lowest BCUT2D eigenvalue weighted by Crippen LogP contribution is -2.52. The summed E-state index contributed by atoms with van der Waals surface area (Å²) in [6.45, 7) is 0.768. The molecule has 130 valence electrons. The highest BCUT2D eigenvalue weighted by Gasteiger charge is 2.37. The van der Waals surface area contributed by atoms with E-state index in [1.54, 1.807) is 0 Å². The van der Waals surface area contributed by atoms with Gasteiger partial charge in [-0.1, -0.05) is 12.1 Å². The maximum Gasteiger partial charge on any atom is 0.573 e.